The van der Waals surface area contributed by atoms with E-state index in [0.29, 0.717) is 85.1 Å². The molecule has 10 N–H and O–H groups in total. The van der Waals surface area contributed by atoms with Crippen LogP contribution >= 0.6 is 69.0 Å². The number of aromatic nitrogens is 8. The summed E-state index contributed by atoms with van der Waals surface area (Å²) in [5.74, 6) is 9.77. The predicted octanol–water partition coefficient (Wildman–Crippen LogP) is 5.40. The Kier molecular flexibility index (Phi) is 20.3. The number of ether oxygens (including phenoxy) is 4. The van der Waals surface area contributed by atoms with E-state index in [1.807, 2.05) is 22.6 Å². The summed E-state index contributed by atoms with van der Waals surface area (Å²) >= 11 is 25.5. The van der Waals surface area contributed by atoms with Crippen molar-refractivity contribution in [3.8, 4) is 35.7 Å². The quantitative estimate of drug-likeness (QED) is 0.0483. The molecule has 6 aromatic rings. The number of hydrogen-bond acceptors (Lipinski definition) is 20. The molecule has 12 rings (SSSR count). The molecule has 4 amide bonds. The Balaban J connectivity index is 0.000000160. The molecule has 4 saturated heterocycles. The van der Waals surface area contributed by atoms with Gasteiger partial charge in [-0.05, 0) is 93.4 Å². The minimum Gasteiger partial charge on any atom is -0.410 e. The number of amides is 4. The van der Waals surface area contributed by atoms with Crippen molar-refractivity contribution in [3.05, 3.63) is 78.8 Å². The molecule has 2 unspecified atom stereocenters. The predicted molar refractivity (Wildman–Crippen MR) is 325 cm³/mol. The molecule has 8 heterocycles. The molecule has 0 bridgehead atoms. The second-order valence-electron chi connectivity index (χ2n) is 21.5. The van der Waals surface area contributed by atoms with Gasteiger partial charge >= 0.3 is 12.2 Å². The van der Waals surface area contributed by atoms with E-state index in [1.165, 1.54) is 33.9 Å². The van der Waals surface area contributed by atoms with Gasteiger partial charge in [-0.15, -0.1) is 12.3 Å². The van der Waals surface area contributed by atoms with E-state index in [0.717, 1.165) is 57.8 Å². The highest BCUT2D eigenvalue weighted by Gasteiger charge is 2.50. The normalized spacial score (nSPS) is 23.8. The molecule has 6 fully saturated rings. The fraction of sp³-hybridized carbons (Fsp3) is 0.464. The van der Waals surface area contributed by atoms with Gasteiger partial charge in [0.1, 0.15) is 46.9 Å². The van der Waals surface area contributed by atoms with Gasteiger partial charge < -0.3 is 71.3 Å². The first kappa shape index (κ1) is 63.4. The number of nitrogens with zero attached hydrogens (tertiary/aromatic N) is 10. The number of nitrogens with two attached hydrogens (primary N) is 2. The summed E-state index contributed by atoms with van der Waals surface area (Å²) in [5.41, 5.74) is 13.2. The minimum absolute atomic E-state index is 0.0754. The van der Waals surface area contributed by atoms with Crippen molar-refractivity contribution in [1.29, 1.82) is 0 Å². The second-order valence-corrected chi connectivity index (χ2v) is 24.1. The Hall–Kier alpha value is -6.61. The summed E-state index contributed by atoms with van der Waals surface area (Å²) in [7, 11) is 0. The molecule has 4 aromatic heterocycles. The number of anilines is 2. The van der Waals surface area contributed by atoms with Crippen LogP contribution in [0.3, 0.4) is 0 Å². The van der Waals surface area contributed by atoms with Crippen molar-refractivity contribution in [1.82, 2.24) is 59.5 Å². The minimum atomic E-state index is -1.43. The molecular formula is C56H59Cl4IN14O12. The number of imidazole rings is 2. The standard InChI is InChI=1S/C28H29Cl2N7O6.C15H15Cl2NO2.C13H15IN6O4/c29-17-7-6-16(12-18(17)30)42-28(41)36-10-8-14(9-11-36)2-1-3-19-34-24(31)20-25(35-19)37(13-32-20)27-22(39)21(38)23(43-27)26(40)33-15-4-5-15;1-2-3-11-6-8-18(9-7-11)15(19)20-12-4-5-13(16)14(17)10-12;14-13-18-9(15)5-10(19-13)20(3-16-5)12-7(22)6(21)8(24-12)11(23)17-4-1-2-4/h6-7,12-15,21-23,27,38-39H,2,4-5,8-11H2,(H,33,40)(H2,31,34,35);1,4-5,10-11H,3,6-9H2;3-4,6-8,12,21-22H,1-2H2,(H,17,23)(H2,15,18,19)/t21?,22-,23-,27+;;6?,7-,8-,12+/m0.0/s1. The number of piperidine rings is 2. The lowest BCUT2D eigenvalue weighted by atomic mass is 9.94. The monoisotopic (exact) mass is 1390 g/mol. The van der Waals surface area contributed by atoms with E-state index >= 15 is 0 Å². The molecule has 87 heavy (non-hydrogen) atoms. The van der Waals surface area contributed by atoms with Gasteiger partial charge in [0.25, 0.3) is 11.8 Å². The number of aliphatic hydroxyl groups is 4. The van der Waals surface area contributed by atoms with E-state index in [2.05, 4.69) is 58.3 Å². The number of hydrogen-bond donors (Lipinski definition) is 8. The highest BCUT2D eigenvalue weighted by atomic mass is 127. The van der Waals surface area contributed by atoms with Gasteiger partial charge in [-0.25, -0.2) is 39.5 Å². The highest BCUT2D eigenvalue weighted by molar-refractivity contribution is 14.1. The Morgan fingerprint density at radius 2 is 1.06 bits per heavy atom. The fourth-order valence-corrected chi connectivity index (χ4v) is 11.1. The van der Waals surface area contributed by atoms with E-state index < -0.39 is 67.0 Å². The summed E-state index contributed by atoms with van der Waals surface area (Å²) in [5, 5.41) is 48.7. The average molecular weight is 1390 g/mol. The maximum absolute atomic E-state index is 12.5. The van der Waals surface area contributed by atoms with Crippen LogP contribution in [0.4, 0.5) is 21.2 Å². The SMILES string of the molecule is C#CCC1CCN(C(=O)Oc2ccc(Cl)c(Cl)c2)CC1.Nc1nc(C#CCC2CCN(C(=O)Oc3ccc(Cl)c(Cl)c3)CC2)nc2c1ncn2[C@@H]1O[C@H](C(=O)NC2CC2)C(O)[C@@H]1O.Nc1nc(I)nc2c1ncn2[C@@H]1O[C@H](C(=O)NC2CC2)C(O)[C@@H]1O. The fourth-order valence-electron chi connectivity index (χ4n) is 10.0. The van der Waals surface area contributed by atoms with Crippen molar-refractivity contribution in [2.45, 2.75) is 125 Å². The molecule has 4 aliphatic heterocycles. The summed E-state index contributed by atoms with van der Waals surface area (Å²) in [6, 6.07) is 9.63. The molecule has 0 radical (unpaired) electrons. The van der Waals surface area contributed by atoms with E-state index in [-0.39, 0.29) is 52.7 Å². The third-order valence-electron chi connectivity index (χ3n) is 15.2. The second kappa shape index (κ2) is 27.8. The number of nitrogens with one attached hydrogen (secondary N) is 2. The number of halogens is 5. The zero-order valence-corrected chi connectivity index (χ0v) is 51.3. The van der Waals surface area contributed by atoms with Crippen molar-refractivity contribution < 1.29 is 58.6 Å². The van der Waals surface area contributed by atoms with Crippen molar-refractivity contribution >= 4 is 127 Å². The number of likely N-dealkylation sites (tertiary alicyclic amines) is 2. The molecule has 31 heteroatoms. The van der Waals surface area contributed by atoms with Crippen LogP contribution in [-0.2, 0) is 19.1 Å². The third-order valence-corrected chi connectivity index (χ3v) is 17.2. The van der Waals surface area contributed by atoms with Crippen molar-refractivity contribution in [2.24, 2.45) is 11.8 Å². The van der Waals surface area contributed by atoms with Crippen LogP contribution in [0.15, 0.2) is 49.1 Å². The molecule has 8 atom stereocenters. The third kappa shape index (κ3) is 15.3. The summed E-state index contributed by atoms with van der Waals surface area (Å²) in [6.45, 7) is 2.39. The van der Waals surface area contributed by atoms with Crippen LogP contribution in [0.2, 0.25) is 20.1 Å². The average Bonchev–Trinajstić information content (AvgIpc) is 1.76. The number of carbonyl (C=O) groups is 4. The van der Waals surface area contributed by atoms with Gasteiger partial charge in [0.05, 0.1) is 32.7 Å². The highest BCUT2D eigenvalue weighted by Crippen LogP contribution is 2.36. The molecule has 2 aromatic carbocycles. The van der Waals surface area contributed by atoms with Gasteiger partial charge in [0.2, 0.25) is 5.82 Å². The van der Waals surface area contributed by atoms with Gasteiger partial charge in [-0.2, -0.15) is 0 Å². The molecule has 460 valence electrons. The number of terminal acetylenes is 1. The van der Waals surface area contributed by atoms with Crippen molar-refractivity contribution in [2.75, 3.05) is 37.6 Å². The first-order valence-electron chi connectivity index (χ1n) is 27.8. The van der Waals surface area contributed by atoms with Crippen LogP contribution in [0, 0.1) is 39.9 Å². The maximum Gasteiger partial charge on any atom is 0.415 e. The Morgan fingerprint density at radius 1 is 0.621 bits per heavy atom. The first-order chi connectivity index (χ1) is 41.7. The van der Waals surface area contributed by atoms with Crippen LogP contribution in [0.25, 0.3) is 22.3 Å². The van der Waals surface area contributed by atoms with Gasteiger partial charge in [0, 0.05) is 85.8 Å². The Labute approximate surface area is 531 Å². The molecule has 6 aliphatic rings. The van der Waals surface area contributed by atoms with Gasteiger partial charge in [-0.1, -0.05) is 52.3 Å². The molecule has 2 aliphatic carbocycles. The van der Waals surface area contributed by atoms with Gasteiger partial charge in [0.15, 0.2) is 51.4 Å². The lowest BCUT2D eigenvalue weighted by Crippen LogP contribution is -2.43. The number of rotatable bonds is 10. The largest absolute Gasteiger partial charge is 0.415 e. The Bertz CT molecular complexity index is 3660. The number of nitrogen functional groups attached to an aromatic ring is 2. The van der Waals surface area contributed by atoms with Crippen LogP contribution in [0.5, 0.6) is 11.5 Å². The Morgan fingerprint density at radius 3 is 1.49 bits per heavy atom. The topological polar surface area (TPSA) is 356 Å². The molecule has 0 spiro atoms. The number of fused-ring (bicyclic) bond motifs is 2. The molecule has 26 nitrogen and oxygen atoms in total. The van der Waals surface area contributed by atoms with Crippen LogP contribution in [0.1, 0.15) is 82.5 Å². The van der Waals surface area contributed by atoms with Crippen LogP contribution in [-0.4, -0.2) is 168 Å². The summed E-state index contributed by atoms with van der Waals surface area (Å²) in [4.78, 5) is 77.9. The lowest BCUT2D eigenvalue weighted by molar-refractivity contribution is -0.138. The molecule has 2 saturated carbocycles. The lowest BCUT2D eigenvalue weighted by Gasteiger charge is -2.30. The van der Waals surface area contributed by atoms with E-state index in [4.69, 9.17) is 83.2 Å². The number of benzene rings is 2. The first-order valence-corrected chi connectivity index (χ1v) is 30.4. The zero-order chi connectivity index (χ0) is 61.8. The maximum atomic E-state index is 12.5. The van der Waals surface area contributed by atoms with Crippen molar-refractivity contribution in [3.63, 3.8) is 0 Å². The molecular weight excluding hydrogens is 1330 g/mol. The smallest absolute Gasteiger partial charge is 0.410 e. The van der Waals surface area contributed by atoms with E-state index in [1.54, 1.807) is 34.1 Å². The van der Waals surface area contributed by atoms with E-state index in [9.17, 15) is 39.6 Å². The summed E-state index contributed by atoms with van der Waals surface area (Å²) in [6.07, 6.45) is 5.55. The zero-order valence-electron chi connectivity index (χ0n) is 46.1. The van der Waals surface area contributed by atoms with Crippen LogP contribution < -0.4 is 31.6 Å². The summed E-state index contributed by atoms with van der Waals surface area (Å²) < 4.78 is 25.4. The number of carbonyl (C=O) groups excluding carboxylic acids is 4. The number of aliphatic hydroxyl groups excluding tert-OH is 4. The van der Waals surface area contributed by atoms with Gasteiger partial charge in [-0.3, -0.25) is 18.7 Å².